The fraction of sp³-hybridized carbons (Fsp3) is 0.273. The number of nitrogens with one attached hydrogen (secondary N) is 2. The van der Waals surface area contributed by atoms with Gasteiger partial charge in [-0.2, -0.15) is 0 Å². The molecule has 0 atom stereocenters. The molecular formula is C11H15N3O. The number of aromatic nitrogens is 3. The molecule has 0 bridgehead atoms. The highest BCUT2D eigenvalue weighted by Crippen LogP contribution is 2.13. The van der Waals surface area contributed by atoms with Gasteiger partial charge in [0.1, 0.15) is 0 Å². The van der Waals surface area contributed by atoms with Gasteiger partial charge in [-0.05, 0) is 18.6 Å². The topological polar surface area (TPSA) is 61.5 Å². The molecule has 4 heteroatoms. The Balaban J connectivity index is 0.000000531. The number of aromatic amines is 2. The third-order valence-electron chi connectivity index (χ3n) is 1.78. The molecule has 80 valence electrons. The SMILES string of the molecule is CC.Cc1cncc(-c2cc(=O)[nH][nH]2)c1. The van der Waals surface area contributed by atoms with Gasteiger partial charge in [0, 0.05) is 24.0 Å². The van der Waals surface area contributed by atoms with Crippen molar-refractivity contribution in [1.29, 1.82) is 0 Å². The molecule has 0 aliphatic heterocycles. The number of hydrogen-bond donors (Lipinski definition) is 2. The maximum Gasteiger partial charge on any atom is 0.264 e. The Hall–Kier alpha value is -1.84. The fourth-order valence-electron chi connectivity index (χ4n) is 1.19. The number of hydrogen-bond acceptors (Lipinski definition) is 2. The lowest BCUT2D eigenvalue weighted by Crippen LogP contribution is -1.93. The molecule has 2 N–H and O–H groups in total. The van der Waals surface area contributed by atoms with E-state index in [2.05, 4.69) is 15.2 Å². The van der Waals surface area contributed by atoms with E-state index in [9.17, 15) is 4.79 Å². The lowest BCUT2D eigenvalue weighted by molar-refractivity contribution is 1.06. The highest BCUT2D eigenvalue weighted by molar-refractivity contribution is 5.57. The van der Waals surface area contributed by atoms with Gasteiger partial charge in [0.15, 0.2) is 0 Å². The standard InChI is InChI=1S/C9H9N3O.C2H6/c1-6-2-7(5-10-4-6)8-3-9(13)12-11-8;1-2/h2-5H,1H3,(H2,11,12,13);1-2H3. The molecular weight excluding hydrogens is 190 g/mol. The minimum atomic E-state index is -0.128. The number of rotatable bonds is 1. The van der Waals surface area contributed by atoms with Crippen LogP contribution in [0.1, 0.15) is 19.4 Å². The highest BCUT2D eigenvalue weighted by Gasteiger charge is 1.99. The van der Waals surface area contributed by atoms with Crippen molar-refractivity contribution in [2.45, 2.75) is 20.8 Å². The number of aryl methyl sites for hydroxylation is 1. The van der Waals surface area contributed by atoms with E-state index in [0.717, 1.165) is 16.8 Å². The van der Waals surface area contributed by atoms with E-state index < -0.39 is 0 Å². The Morgan fingerprint density at radius 3 is 2.40 bits per heavy atom. The third kappa shape index (κ3) is 2.80. The lowest BCUT2D eigenvalue weighted by Gasteiger charge is -1.96. The Bertz CT molecular complexity index is 470. The molecule has 0 spiro atoms. The van der Waals surface area contributed by atoms with Gasteiger partial charge < -0.3 is 0 Å². The first-order chi connectivity index (χ1) is 7.25. The summed E-state index contributed by atoms with van der Waals surface area (Å²) in [5.41, 5.74) is 2.62. The summed E-state index contributed by atoms with van der Waals surface area (Å²) in [6, 6.07) is 3.47. The molecule has 15 heavy (non-hydrogen) atoms. The monoisotopic (exact) mass is 205 g/mol. The average Bonchev–Trinajstić information content (AvgIpc) is 2.68. The van der Waals surface area contributed by atoms with Crippen LogP contribution in [0.2, 0.25) is 0 Å². The molecule has 4 nitrogen and oxygen atoms in total. The maximum absolute atomic E-state index is 10.8. The third-order valence-corrected chi connectivity index (χ3v) is 1.78. The number of pyridine rings is 1. The van der Waals surface area contributed by atoms with Crippen molar-refractivity contribution >= 4 is 0 Å². The fourth-order valence-corrected chi connectivity index (χ4v) is 1.19. The predicted molar refractivity (Wildman–Crippen MR) is 60.7 cm³/mol. The number of H-pyrrole nitrogens is 2. The van der Waals surface area contributed by atoms with Crippen LogP contribution in [0.4, 0.5) is 0 Å². The van der Waals surface area contributed by atoms with Crippen LogP contribution in [0.25, 0.3) is 11.3 Å². The molecule has 0 amide bonds. The van der Waals surface area contributed by atoms with E-state index in [4.69, 9.17) is 0 Å². The summed E-state index contributed by atoms with van der Waals surface area (Å²) in [6.07, 6.45) is 3.49. The van der Waals surface area contributed by atoms with E-state index >= 15 is 0 Å². The van der Waals surface area contributed by atoms with Crippen LogP contribution in [0.15, 0.2) is 29.3 Å². The zero-order valence-corrected chi connectivity index (χ0v) is 9.16. The minimum absolute atomic E-state index is 0.128. The molecule has 0 radical (unpaired) electrons. The van der Waals surface area contributed by atoms with Crippen molar-refractivity contribution in [3.63, 3.8) is 0 Å². The van der Waals surface area contributed by atoms with Crippen molar-refractivity contribution in [1.82, 2.24) is 15.2 Å². The van der Waals surface area contributed by atoms with Crippen LogP contribution in [0, 0.1) is 6.92 Å². The maximum atomic E-state index is 10.8. The Kier molecular flexibility index (Phi) is 3.85. The lowest BCUT2D eigenvalue weighted by atomic mass is 10.2. The molecule has 2 rings (SSSR count). The second kappa shape index (κ2) is 5.14. The van der Waals surface area contributed by atoms with Gasteiger partial charge in [0.25, 0.3) is 5.56 Å². The summed E-state index contributed by atoms with van der Waals surface area (Å²) in [4.78, 5) is 14.9. The molecule has 0 unspecified atom stereocenters. The van der Waals surface area contributed by atoms with Crippen LogP contribution in [0.3, 0.4) is 0 Å². The van der Waals surface area contributed by atoms with E-state index in [1.165, 1.54) is 6.07 Å². The first-order valence-corrected chi connectivity index (χ1v) is 4.95. The van der Waals surface area contributed by atoms with Gasteiger partial charge in [-0.3, -0.25) is 20.0 Å². The molecule has 0 aliphatic carbocycles. The van der Waals surface area contributed by atoms with Crippen LogP contribution in [-0.2, 0) is 0 Å². The second-order valence-electron chi connectivity index (χ2n) is 2.92. The first kappa shape index (κ1) is 11.2. The van der Waals surface area contributed by atoms with Crippen LogP contribution < -0.4 is 5.56 Å². The minimum Gasteiger partial charge on any atom is -0.297 e. The summed E-state index contributed by atoms with van der Waals surface area (Å²) in [5, 5.41) is 5.25. The summed E-state index contributed by atoms with van der Waals surface area (Å²) in [6.45, 7) is 5.96. The molecule has 2 heterocycles. The summed E-state index contributed by atoms with van der Waals surface area (Å²) in [7, 11) is 0. The second-order valence-corrected chi connectivity index (χ2v) is 2.92. The highest BCUT2D eigenvalue weighted by atomic mass is 16.1. The van der Waals surface area contributed by atoms with Crippen molar-refractivity contribution in [2.75, 3.05) is 0 Å². The molecule has 2 aromatic heterocycles. The number of nitrogens with zero attached hydrogens (tertiary/aromatic N) is 1. The smallest absolute Gasteiger partial charge is 0.264 e. The Morgan fingerprint density at radius 1 is 1.13 bits per heavy atom. The van der Waals surface area contributed by atoms with E-state index in [-0.39, 0.29) is 5.56 Å². The van der Waals surface area contributed by atoms with Gasteiger partial charge in [-0.25, -0.2) is 0 Å². The van der Waals surface area contributed by atoms with Gasteiger partial charge in [0.05, 0.1) is 5.69 Å². The average molecular weight is 205 g/mol. The molecule has 0 saturated heterocycles. The largest absolute Gasteiger partial charge is 0.297 e. The van der Waals surface area contributed by atoms with E-state index in [1.54, 1.807) is 12.4 Å². The van der Waals surface area contributed by atoms with Crippen LogP contribution >= 0.6 is 0 Å². The van der Waals surface area contributed by atoms with E-state index in [1.807, 2.05) is 26.8 Å². The van der Waals surface area contributed by atoms with Crippen LogP contribution in [-0.4, -0.2) is 15.2 Å². The predicted octanol–water partition coefficient (Wildman–Crippen LogP) is 2.10. The van der Waals surface area contributed by atoms with Gasteiger partial charge >= 0.3 is 0 Å². The molecule has 0 saturated carbocycles. The molecule has 0 fully saturated rings. The summed E-state index contributed by atoms with van der Waals surface area (Å²) >= 11 is 0. The zero-order valence-electron chi connectivity index (χ0n) is 9.16. The van der Waals surface area contributed by atoms with Crippen molar-refractivity contribution < 1.29 is 0 Å². The summed E-state index contributed by atoms with van der Waals surface area (Å²) in [5.74, 6) is 0. The van der Waals surface area contributed by atoms with Gasteiger partial charge in [-0.1, -0.05) is 13.8 Å². The van der Waals surface area contributed by atoms with Crippen LogP contribution in [0.5, 0.6) is 0 Å². The van der Waals surface area contributed by atoms with E-state index in [0.29, 0.717) is 0 Å². The van der Waals surface area contributed by atoms with Gasteiger partial charge in [0.2, 0.25) is 0 Å². The first-order valence-electron chi connectivity index (χ1n) is 4.95. The van der Waals surface area contributed by atoms with Gasteiger partial charge in [-0.15, -0.1) is 0 Å². The molecule has 0 aromatic carbocycles. The molecule has 2 aromatic rings. The van der Waals surface area contributed by atoms with Crippen molar-refractivity contribution in [3.8, 4) is 11.3 Å². The quantitative estimate of drug-likeness (QED) is 0.748. The zero-order chi connectivity index (χ0) is 11.3. The Labute approximate surface area is 88.4 Å². The molecule has 0 aliphatic rings. The summed E-state index contributed by atoms with van der Waals surface area (Å²) < 4.78 is 0. The van der Waals surface area contributed by atoms with Crippen molar-refractivity contribution in [3.05, 3.63) is 40.4 Å². The van der Waals surface area contributed by atoms with Crippen molar-refractivity contribution in [2.24, 2.45) is 0 Å². The normalized spacial score (nSPS) is 9.27. The Morgan fingerprint density at radius 2 is 1.87 bits per heavy atom.